The molecule has 1 aliphatic heterocycles. The molecule has 29 heavy (non-hydrogen) atoms. The van der Waals surface area contributed by atoms with Crippen molar-refractivity contribution in [3.63, 3.8) is 0 Å². The van der Waals surface area contributed by atoms with Crippen LogP contribution < -0.4 is 10.6 Å². The first kappa shape index (κ1) is 19.5. The fourth-order valence-corrected chi connectivity index (χ4v) is 4.54. The first-order valence-corrected chi connectivity index (χ1v) is 10.6. The summed E-state index contributed by atoms with van der Waals surface area (Å²) in [7, 11) is -3.78. The quantitative estimate of drug-likeness (QED) is 0.548. The van der Waals surface area contributed by atoms with Crippen LogP contribution in [0.1, 0.15) is 17.7 Å². The van der Waals surface area contributed by atoms with Crippen LogP contribution in [-0.2, 0) is 21.4 Å². The van der Waals surface area contributed by atoms with Crippen molar-refractivity contribution in [3.8, 4) is 0 Å². The molecule has 1 amide bonds. The van der Waals surface area contributed by atoms with Gasteiger partial charge in [0.05, 0.1) is 35.5 Å². The largest absolute Gasteiger partial charge is 0.392 e. The van der Waals surface area contributed by atoms with Crippen molar-refractivity contribution in [1.82, 2.24) is 24.6 Å². The molecule has 0 spiro atoms. The molecule has 3 heterocycles. The summed E-state index contributed by atoms with van der Waals surface area (Å²) >= 11 is 0. The lowest BCUT2D eigenvalue weighted by atomic mass is 10.2. The number of hydrogen-bond donors (Lipinski definition) is 3. The first-order valence-electron chi connectivity index (χ1n) is 9.19. The van der Waals surface area contributed by atoms with Crippen LogP contribution in [0, 0.1) is 6.92 Å². The molecular formula is C19H21N5O4S. The Labute approximate surface area is 167 Å². The third-order valence-corrected chi connectivity index (χ3v) is 6.53. The zero-order valence-electron chi connectivity index (χ0n) is 15.7. The summed E-state index contributed by atoms with van der Waals surface area (Å²) in [6, 6.07) is 7.74. The van der Waals surface area contributed by atoms with Gasteiger partial charge in [0.2, 0.25) is 5.91 Å². The number of benzene rings is 1. The highest BCUT2D eigenvalue weighted by Crippen LogP contribution is 2.20. The molecule has 2 aromatic heterocycles. The molecule has 0 saturated carbocycles. The Morgan fingerprint density at radius 2 is 2.07 bits per heavy atom. The van der Waals surface area contributed by atoms with Gasteiger partial charge < -0.3 is 15.7 Å². The summed E-state index contributed by atoms with van der Waals surface area (Å²) in [5.41, 5.74) is 2.12. The Morgan fingerprint density at radius 3 is 2.76 bits per heavy atom. The highest BCUT2D eigenvalue weighted by Gasteiger charge is 2.27. The second-order valence-corrected chi connectivity index (χ2v) is 8.88. The average Bonchev–Trinajstić information content (AvgIpc) is 3.32. The average molecular weight is 415 g/mol. The van der Waals surface area contributed by atoms with Crippen LogP contribution >= 0.6 is 0 Å². The highest BCUT2D eigenvalue weighted by molar-refractivity contribution is 7.90. The number of amides is 1. The maximum atomic E-state index is 12.9. The predicted molar refractivity (Wildman–Crippen MR) is 106 cm³/mol. The minimum atomic E-state index is -3.78. The summed E-state index contributed by atoms with van der Waals surface area (Å²) in [5, 5.41) is 15.2. The molecule has 3 aromatic rings. The van der Waals surface area contributed by atoms with Gasteiger partial charge in [-0.3, -0.25) is 4.79 Å². The number of carbonyl (C=O) groups is 1. The second kappa shape index (κ2) is 7.54. The number of fused-ring (bicyclic) bond motifs is 1. The summed E-state index contributed by atoms with van der Waals surface area (Å²) in [6.45, 7) is 2.44. The van der Waals surface area contributed by atoms with Gasteiger partial charge in [0, 0.05) is 12.7 Å². The Bertz CT molecular complexity index is 1160. The van der Waals surface area contributed by atoms with E-state index in [0.29, 0.717) is 24.2 Å². The number of carbonyl (C=O) groups excluding carboxylic acids is 1. The van der Waals surface area contributed by atoms with E-state index in [-0.39, 0.29) is 23.0 Å². The van der Waals surface area contributed by atoms with E-state index < -0.39 is 22.2 Å². The van der Waals surface area contributed by atoms with Gasteiger partial charge in [-0.25, -0.2) is 22.4 Å². The summed E-state index contributed by atoms with van der Waals surface area (Å²) in [6.07, 6.45) is 2.72. The van der Waals surface area contributed by atoms with E-state index in [9.17, 15) is 18.3 Å². The number of aliphatic hydroxyl groups excluding tert-OH is 1. The Hall–Kier alpha value is -2.82. The van der Waals surface area contributed by atoms with E-state index >= 15 is 0 Å². The fraction of sp³-hybridized carbons (Fsp3) is 0.316. The van der Waals surface area contributed by atoms with E-state index in [0.717, 1.165) is 9.54 Å². The SMILES string of the molecule is Cc1ccc(S(=O)(=O)n2ccc3nc(CNC(=O)[C@H]4C[C@@H](O)CN4)cnc32)cc1. The monoisotopic (exact) mass is 415 g/mol. The molecule has 1 aliphatic rings. The number of aliphatic hydroxyl groups is 1. The molecule has 10 heteroatoms. The predicted octanol–water partition coefficient (Wildman–Crippen LogP) is 0.316. The first-order chi connectivity index (χ1) is 13.8. The molecular weight excluding hydrogens is 394 g/mol. The fourth-order valence-electron chi connectivity index (χ4n) is 3.25. The van der Waals surface area contributed by atoms with E-state index in [2.05, 4.69) is 20.6 Å². The molecule has 0 unspecified atom stereocenters. The van der Waals surface area contributed by atoms with Crippen LogP contribution in [0.5, 0.6) is 0 Å². The van der Waals surface area contributed by atoms with Crippen molar-refractivity contribution in [1.29, 1.82) is 0 Å². The topological polar surface area (TPSA) is 126 Å². The van der Waals surface area contributed by atoms with Gasteiger partial charge in [-0.1, -0.05) is 17.7 Å². The smallest absolute Gasteiger partial charge is 0.269 e. The molecule has 0 radical (unpaired) electrons. The molecule has 2 atom stereocenters. The molecule has 1 fully saturated rings. The highest BCUT2D eigenvalue weighted by atomic mass is 32.2. The number of hydrogen-bond acceptors (Lipinski definition) is 7. The normalized spacial score (nSPS) is 19.5. The summed E-state index contributed by atoms with van der Waals surface area (Å²) in [5.74, 6) is -0.219. The van der Waals surface area contributed by atoms with Crippen molar-refractivity contribution in [3.05, 3.63) is 54.0 Å². The lowest BCUT2D eigenvalue weighted by Gasteiger charge is -2.11. The Morgan fingerprint density at radius 1 is 1.31 bits per heavy atom. The molecule has 152 valence electrons. The molecule has 3 N–H and O–H groups in total. The maximum Gasteiger partial charge on any atom is 0.269 e. The van der Waals surface area contributed by atoms with Gasteiger partial charge in [0.15, 0.2) is 5.65 Å². The number of β-amino-alcohol motifs (C(OH)–C–C–N with tert-alkyl or cyclic N) is 1. The Kier molecular flexibility index (Phi) is 5.07. The number of nitrogens with zero attached hydrogens (tertiary/aromatic N) is 3. The minimum Gasteiger partial charge on any atom is -0.392 e. The van der Waals surface area contributed by atoms with Crippen LogP contribution in [-0.4, -0.2) is 52.1 Å². The summed E-state index contributed by atoms with van der Waals surface area (Å²) in [4.78, 5) is 20.9. The number of nitrogens with one attached hydrogen (secondary N) is 2. The molecule has 1 saturated heterocycles. The second-order valence-electron chi connectivity index (χ2n) is 7.07. The van der Waals surface area contributed by atoms with Crippen LogP contribution in [0.4, 0.5) is 0 Å². The van der Waals surface area contributed by atoms with Gasteiger partial charge in [0.1, 0.15) is 5.52 Å². The van der Waals surface area contributed by atoms with Crippen LogP contribution in [0.15, 0.2) is 47.6 Å². The molecule has 0 aliphatic carbocycles. The van der Waals surface area contributed by atoms with Crippen molar-refractivity contribution < 1.29 is 18.3 Å². The van der Waals surface area contributed by atoms with Crippen LogP contribution in [0.2, 0.25) is 0 Å². The molecule has 9 nitrogen and oxygen atoms in total. The minimum absolute atomic E-state index is 0.159. The van der Waals surface area contributed by atoms with Crippen molar-refractivity contribution in [2.24, 2.45) is 0 Å². The van der Waals surface area contributed by atoms with E-state index in [1.165, 1.54) is 12.4 Å². The van der Waals surface area contributed by atoms with Gasteiger partial charge in [-0.05, 0) is 31.5 Å². The number of aryl methyl sites for hydroxylation is 1. The zero-order chi connectivity index (χ0) is 20.6. The number of rotatable bonds is 5. The lowest BCUT2D eigenvalue weighted by Crippen LogP contribution is -2.40. The molecule has 4 rings (SSSR count). The summed E-state index contributed by atoms with van der Waals surface area (Å²) < 4.78 is 26.9. The van der Waals surface area contributed by atoms with Gasteiger partial charge >= 0.3 is 0 Å². The third-order valence-electron chi connectivity index (χ3n) is 4.85. The molecule has 1 aromatic carbocycles. The van der Waals surface area contributed by atoms with Crippen molar-refractivity contribution >= 4 is 27.1 Å². The van der Waals surface area contributed by atoms with E-state index in [1.54, 1.807) is 30.3 Å². The number of aromatic nitrogens is 3. The van der Waals surface area contributed by atoms with Gasteiger partial charge in [-0.15, -0.1) is 0 Å². The van der Waals surface area contributed by atoms with Gasteiger partial charge in [0.25, 0.3) is 10.0 Å². The maximum absolute atomic E-state index is 12.9. The standard InChI is InChI=1S/C19H21N5O4S/c1-12-2-4-15(5-3-12)29(27,28)24-7-6-16-18(24)21-9-13(23-16)10-22-19(26)17-8-14(25)11-20-17/h2-7,9,14,17,20,25H,8,10-11H2,1H3,(H,22,26)/t14-,17-/m1/s1. The van der Waals surface area contributed by atoms with Crippen LogP contribution in [0.25, 0.3) is 11.2 Å². The molecule has 0 bridgehead atoms. The van der Waals surface area contributed by atoms with Crippen LogP contribution in [0.3, 0.4) is 0 Å². The lowest BCUT2D eigenvalue weighted by molar-refractivity contribution is -0.123. The zero-order valence-corrected chi connectivity index (χ0v) is 16.6. The van der Waals surface area contributed by atoms with Gasteiger partial charge in [-0.2, -0.15) is 0 Å². The third kappa shape index (κ3) is 3.86. The van der Waals surface area contributed by atoms with E-state index in [4.69, 9.17) is 0 Å². The van der Waals surface area contributed by atoms with E-state index in [1.807, 2.05) is 6.92 Å². The Balaban J connectivity index is 1.53. The van der Waals surface area contributed by atoms with Crippen molar-refractivity contribution in [2.45, 2.75) is 36.9 Å². The van der Waals surface area contributed by atoms with Crippen molar-refractivity contribution in [2.75, 3.05) is 6.54 Å².